The van der Waals surface area contributed by atoms with Crippen LogP contribution in [-0.4, -0.2) is 50.7 Å². The topological polar surface area (TPSA) is 105 Å². The Bertz CT molecular complexity index is 1600. The normalized spacial score (nSPS) is 15.1. The van der Waals surface area contributed by atoms with E-state index in [2.05, 4.69) is 20.9 Å². The Balaban J connectivity index is 1.55. The van der Waals surface area contributed by atoms with Gasteiger partial charge in [-0.1, -0.05) is 24.3 Å². The zero-order valence-corrected chi connectivity index (χ0v) is 21.7. The van der Waals surface area contributed by atoms with Crippen LogP contribution >= 0.6 is 15.9 Å². The van der Waals surface area contributed by atoms with Gasteiger partial charge in [-0.3, -0.25) is 19.8 Å². The molecule has 1 fully saturated rings. The minimum atomic E-state index is -0.771. The van der Waals surface area contributed by atoms with Crippen molar-refractivity contribution >= 4 is 38.3 Å². The van der Waals surface area contributed by atoms with Gasteiger partial charge < -0.3 is 14.6 Å². The van der Waals surface area contributed by atoms with Crippen molar-refractivity contribution in [3.8, 4) is 5.75 Å². The van der Waals surface area contributed by atoms with Gasteiger partial charge in [0.15, 0.2) is 17.3 Å². The van der Waals surface area contributed by atoms with Gasteiger partial charge in [-0.2, -0.15) is 0 Å². The molecule has 12 heteroatoms. The lowest BCUT2D eigenvalue weighted by atomic mass is 9.95. The van der Waals surface area contributed by atoms with Gasteiger partial charge in [0.05, 0.1) is 16.5 Å². The molecular weight excluding hydrogens is 564 g/mol. The number of phenols is 1. The van der Waals surface area contributed by atoms with Gasteiger partial charge in [-0.15, -0.1) is 0 Å². The number of benzene rings is 2. The van der Waals surface area contributed by atoms with Gasteiger partial charge in [-0.05, 0) is 51.8 Å². The second-order valence-electron chi connectivity index (χ2n) is 8.97. The molecule has 0 amide bonds. The number of fused-ring (bicyclic) bond motifs is 1. The minimum absolute atomic E-state index is 0.140. The Morgan fingerprint density at radius 2 is 1.74 bits per heavy atom. The molecule has 1 aliphatic heterocycles. The molecule has 3 heterocycles. The van der Waals surface area contributed by atoms with Gasteiger partial charge in [-0.25, -0.2) is 13.8 Å². The molecule has 1 saturated heterocycles. The summed E-state index contributed by atoms with van der Waals surface area (Å²) in [5.41, 5.74) is 0.586. The second-order valence-corrected chi connectivity index (χ2v) is 9.79. The molecule has 196 valence electrons. The smallest absolute Gasteiger partial charge is 0.359 e. The molecule has 5 rings (SSSR count). The molecule has 1 N–H and O–H groups in total. The number of aryl methyl sites for hydroxylation is 1. The van der Waals surface area contributed by atoms with E-state index in [1.165, 1.54) is 29.8 Å². The molecule has 4 aromatic rings. The molecule has 0 unspecified atom stereocenters. The summed E-state index contributed by atoms with van der Waals surface area (Å²) in [5, 5.41) is 22.6. The molecule has 0 bridgehead atoms. The Morgan fingerprint density at radius 3 is 2.39 bits per heavy atom. The van der Waals surface area contributed by atoms with E-state index >= 15 is 0 Å². The fraction of sp³-hybridized carbons (Fsp3) is 0.231. The number of phenolic OH excluding ortho intramolecular Hbond substituents is 1. The lowest BCUT2D eigenvalue weighted by Gasteiger charge is -2.40. The minimum Gasteiger partial charge on any atom is -0.505 e. The van der Waals surface area contributed by atoms with Gasteiger partial charge in [0.2, 0.25) is 0 Å². The lowest BCUT2D eigenvalue weighted by Crippen LogP contribution is -2.48. The fourth-order valence-electron chi connectivity index (χ4n) is 5.01. The van der Waals surface area contributed by atoms with Gasteiger partial charge in [0.1, 0.15) is 15.9 Å². The first kappa shape index (κ1) is 25.7. The molecule has 2 aromatic carbocycles. The Morgan fingerprint density at radius 1 is 1.05 bits per heavy atom. The number of para-hydroxylation sites is 1. The highest BCUT2D eigenvalue weighted by Gasteiger charge is 2.34. The molecule has 0 spiro atoms. The first-order chi connectivity index (χ1) is 18.2. The summed E-state index contributed by atoms with van der Waals surface area (Å²) >= 11 is 3.32. The SMILES string of the molecule is Cn1c(=O)c([N+](=O)[O-])c(N2CCN([C@H](c3ccc(F)cc3)c3cccc(F)c3O)CC2)c2nc(Br)ccc21. The number of aromatic hydroxyl groups is 1. The van der Waals surface area contributed by atoms with E-state index in [1.54, 1.807) is 35.2 Å². The Kier molecular flexibility index (Phi) is 6.84. The van der Waals surface area contributed by atoms with E-state index in [-0.39, 0.29) is 18.8 Å². The monoisotopic (exact) mass is 585 g/mol. The number of anilines is 1. The van der Waals surface area contributed by atoms with E-state index in [0.29, 0.717) is 39.9 Å². The maximum atomic E-state index is 14.3. The van der Waals surface area contributed by atoms with E-state index in [9.17, 15) is 28.8 Å². The van der Waals surface area contributed by atoms with Crippen LogP contribution in [0.1, 0.15) is 17.2 Å². The van der Waals surface area contributed by atoms with Crippen molar-refractivity contribution in [3.63, 3.8) is 0 Å². The van der Waals surface area contributed by atoms with Crippen LogP contribution in [0.15, 0.2) is 64.0 Å². The first-order valence-electron chi connectivity index (χ1n) is 11.7. The highest BCUT2D eigenvalue weighted by Crippen LogP contribution is 2.38. The predicted octanol–water partition coefficient (Wildman–Crippen LogP) is 4.50. The van der Waals surface area contributed by atoms with E-state index < -0.39 is 39.6 Å². The van der Waals surface area contributed by atoms with Crippen LogP contribution in [0.5, 0.6) is 5.75 Å². The third-order valence-corrected chi connectivity index (χ3v) is 7.28. The summed E-state index contributed by atoms with van der Waals surface area (Å²) in [6, 6.07) is 12.8. The summed E-state index contributed by atoms with van der Waals surface area (Å²) in [5.74, 6) is -1.69. The zero-order chi connectivity index (χ0) is 27.1. The van der Waals surface area contributed by atoms with Crippen molar-refractivity contribution in [3.05, 3.63) is 102 Å². The Labute approximate surface area is 223 Å². The van der Waals surface area contributed by atoms with Crippen LogP contribution in [0.3, 0.4) is 0 Å². The number of piperazine rings is 1. The average Bonchev–Trinajstić information content (AvgIpc) is 2.90. The highest BCUT2D eigenvalue weighted by molar-refractivity contribution is 9.10. The number of nitro groups is 1. The number of rotatable bonds is 5. The number of pyridine rings is 2. The van der Waals surface area contributed by atoms with Crippen molar-refractivity contribution in [2.24, 2.45) is 7.05 Å². The van der Waals surface area contributed by atoms with Crippen LogP contribution in [0.2, 0.25) is 0 Å². The summed E-state index contributed by atoms with van der Waals surface area (Å²) in [4.78, 5) is 32.5. The molecule has 38 heavy (non-hydrogen) atoms. The molecule has 1 atom stereocenters. The summed E-state index contributed by atoms with van der Waals surface area (Å²) < 4.78 is 29.7. The first-order valence-corrected chi connectivity index (χ1v) is 12.5. The van der Waals surface area contributed by atoms with Crippen LogP contribution in [0.4, 0.5) is 20.2 Å². The van der Waals surface area contributed by atoms with Crippen LogP contribution in [0.25, 0.3) is 11.0 Å². The van der Waals surface area contributed by atoms with E-state index in [1.807, 2.05) is 4.90 Å². The number of halogens is 3. The third kappa shape index (κ3) is 4.50. The molecular formula is C26H22BrF2N5O4. The average molecular weight is 586 g/mol. The van der Waals surface area contributed by atoms with Crippen molar-refractivity contribution in [2.45, 2.75) is 6.04 Å². The van der Waals surface area contributed by atoms with E-state index in [4.69, 9.17) is 0 Å². The lowest BCUT2D eigenvalue weighted by molar-refractivity contribution is -0.385. The third-order valence-electron chi connectivity index (χ3n) is 6.83. The molecule has 0 aliphatic carbocycles. The number of aromatic nitrogens is 2. The number of hydrogen-bond acceptors (Lipinski definition) is 7. The highest BCUT2D eigenvalue weighted by atomic mass is 79.9. The molecule has 0 saturated carbocycles. The Hall–Kier alpha value is -3.90. The molecule has 0 radical (unpaired) electrons. The molecule has 1 aliphatic rings. The molecule has 9 nitrogen and oxygen atoms in total. The largest absolute Gasteiger partial charge is 0.505 e. The summed E-state index contributed by atoms with van der Waals surface area (Å²) in [6.45, 7) is 1.26. The fourth-order valence-corrected chi connectivity index (χ4v) is 5.32. The standard InChI is InChI=1S/C26H22BrF2N5O4/c1-31-19-9-10-20(27)30-21(19)23(24(26(31)36)34(37)38)33-13-11-32(12-14-33)22(15-5-7-16(28)8-6-15)17-3-2-4-18(29)25(17)35/h2-10,22,35H,11-14H2,1H3/t22-/m1/s1. The van der Waals surface area contributed by atoms with E-state index in [0.717, 1.165) is 6.07 Å². The maximum Gasteiger partial charge on any atom is 0.359 e. The summed E-state index contributed by atoms with van der Waals surface area (Å²) in [6.07, 6.45) is 0. The van der Waals surface area contributed by atoms with Gasteiger partial charge in [0.25, 0.3) is 0 Å². The zero-order valence-electron chi connectivity index (χ0n) is 20.1. The van der Waals surface area contributed by atoms with Crippen molar-refractivity contribution in [1.29, 1.82) is 0 Å². The maximum absolute atomic E-state index is 14.3. The predicted molar refractivity (Wildman–Crippen MR) is 141 cm³/mol. The number of hydrogen-bond donors (Lipinski definition) is 1. The van der Waals surface area contributed by atoms with Crippen LogP contribution in [-0.2, 0) is 7.05 Å². The van der Waals surface area contributed by atoms with Crippen LogP contribution < -0.4 is 10.5 Å². The van der Waals surface area contributed by atoms with Crippen molar-refractivity contribution in [1.82, 2.24) is 14.5 Å². The van der Waals surface area contributed by atoms with Crippen LogP contribution in [0, 0.1) is 21.7 Å². The second kappa shape index (κ2) is 10.1. The van der Waals surface area contributed by atoms with Crippen molar-refractivity contribution < 1.29 is 18.8 Å². The quantitative estimate of drug-likeness (QED) is 0.209. The molecule has 2 aromatic heterocycles. The summed E-state index contributed by atoms with van der Waals surface area (Å²) in [7, 11) is 1.47. The van der Waals surface area contributed by atoms with Gasteiger partial charge >= 0.3 is 11.2 Å². The van der Waals surface area contributed by atoms with Gasteiger partial charge in [0, 0.05) is 38.8 Å². The van der Waals surface area contributed by atoms with Crippen molar-refractivity contribution in [2.75, 3.05) is 31.1 Å². The number of nitrogens with zero attached hydrogens (tertiary/aromatic N) is 5.